The second-order valence-electron chi connectivity index (χ2n) is 7.32. The maximum atomic E-state index is 11.4. The van der Waals surface area contributed by atoms with Crippen molar-refractivity contribution in [1.29, 1.82) is 0 Å². The van der Waals surface area contributed by atoms with Gasteiger partial charge in [-0.2, -0.15) is 0 Å². The van der Waals surface area contributed by atoms with Crippen LogP contribution in [0.3, 0.4) is 0 Å². The van der Waals surface area contributed by atoms with Crippen LogP contribution in [0.25, 0.3) is 0 Å². The third kappa shape index (κ3) is 2.72. The van der Waals surface area contributed by atoms with E-state index >= 15 is 0 Å². The average Bonchev–Trinajstić information content (AvgIpc) is 3.05. The van der Waals surface area contributed by atoms with Crippen LogP contribution >= 0.6 is 0 Å². The summed E-state index contributed by atoms with van der Waals surface area (Å²) in [6, 6.07) is 2.45. The molecule has 2 aliphatic rings. The Morgan fingerprint density at radius 2 is 2.24 bits per heavy atom. The topological polar surface area (TPSA) is 71.5 Å². The number of carbonyl (C=O) groups is 1. The fraction of sp³-hybridized carbons (Fsp3) is 0.688. The summed E-state index contributed by atoms with van der Waals surface area (Å²) in [6.07, 6.45) is 1.25. The standard InChI is InChI=1S/C16H25N3O2/c1-16(2,3)14-11(6-13(21-14)15(17)20)9-19-5-4-10-7-18-8-12(10)19/h6,10,12,18H,4-5,7-9H2,1-3H3,(H2,17,20)/t10-,12+/m1/s1. The molecule has 0 radical (unpaired) electrons. The first-order valence-electron chi connectivity index (χ1n) is 7.74. The molecular weight excluding hydrogens is 266 g/mol. The molecule has 1 aromatic rings. The molecule has 0 unspecified atom stereocenters. The van der Waals surface area contributed by atoms with Crippen LogP contribution < -0.4 is 11.1 Å². The van der Waals surface area contributed by atoms with Crippen LogP contribution in [0.4, 0.5) is 0 Å². The average molecular weight is 291 g/mol. The number of fused-ring (bicyclic) bond motifs is 1. The Balaban J connectivity index is 1.85. The van der Waals surface area contributed by atoms with Gasteiger partial charge in [-0.05, 0) is 31.5 Å². The van der Waals surface area contributed by atoms with Crippen LogP contribution in [0.15, 0.2) is 10.5 Å². The van der Waals surface area contributed by atoms with Gasteiger partial charge in [-0.3, -0.25) is 9.69 Å². The largest absolute Gasteiger partial charge is 0.455 e. The number of rotatable bonds is 3. The lowest BCUT2D eigenvalue weighted by atomic mass is 9.90. The van der Waals surface area contributed by atoms with Gasteiger partial charge in [-0.25, -0.2) is 0 Å². The molecule has 2 saturated heterocycles. The van der Waals surface area contributed by atoms with Crippen molar-refractivity contribution in [3.8, 4) is 0 Å². The van der Waals surface area contributed by atoms with Crippen molar-refractivity contribution in [2.45, 2.75) is 45.2 Å². The molecule has 5 nitrogen and oxygen atoms in total. The Morgan fingerprint density at radius 3 is 2.90 bits per heavy atom. The van der Waals surface area contributed by atoms with Gasteiger partial charge >= 0.3 is 0 Å². The molecule has 3 heterocycles. The molecule has 0 aliphatic carbocycles. The van der Waals surface area contributed by atoms with Gasteiger partial charge in [0, 0.05) is 30.1 Å². The zero-order valence-corrected chi connectivity index (χ0v) is 13.1. The number of primary amides is 1. The Kier molecular flexibility index (Phi) is 3.58. The number of nitrogens with two attached hydrogens (primary N) is 1. The van der Waals surface area contributed by atoms with E-state index in [1.165, 1.54) is 6.42 Å². The molecule has 1 aromatic heterocycles. The number of hydrogen-bond acceptors (Lipinski definition) is 4. The van der Waals surface area contributed by atoms with Crippen LogP contribution in [-0.2, 0) is 12.0 Å². The second kappa shape index (κ2) is 5.14. The summed E-state index contributed by atoms with van der Waals surface area (Å²) in [5, 5.41) is 3.47. The van der Waals surface area contributed by atoms with Crippen LogP contribution in [0.2, 0.25) is 0 Å². The van der Waals surface area contributed by atoms with Gasteiger partial charge in [0.1, 0.15) is 5.76 Å². The number of nitrogens with one attached hydrogen (secondary N) is 1. The molecule has 116 valence electrons. The van der Waals surface area contributed by atoms with Gasteiger partial charge in [-0.1, -0.05) is 20.8 Å². The van der Waals surface area contributed by atoms with Crippen molar-refractivity contribution in [2.24, 2.45) is 11.7 Å². The second-order valence-corrected chi connectivity index (χ2v) is 7.32. The predicted octanol–water partition coefficient (Wildman–Crippen LogP) is 1.47. The van der Waals surface area contributed by atoms with E-state index in [-0.39, 0.29) is 11.2 Å². The smallest absolute Gasteiger partial charge is 0.284 e. The molecule has 0 aromatic carbocycles. The van der Waals surface area contributed by atoms with E-state index in [9.17, 15) is 4.79 Å². The van der Waals surface area contributed by atoms with E-state index in [0.29, 0.717) is 6.04 Å². The summed E-state index contributed by atoms with van der Waals surface area (Å²) in [5.74, 6) is 1.43. The highest BCUT2D eigenvalue weighted by Crippen LogP contribution is 2.33. The van der Waals surface area contributed by atoms with Crippen molar-refractivity contribution < 1.29 is 9.21 Å². The predicted molar refractivity (Wildman–Crippen MR) is 81.1 cm³/mol. The molecule has 2 fully saturated rings. The third-order valence-electron chi connectivity index (χ3n) is 4.67. The first kappa shape index (κ1) is 14.6. The van der Waals surface area contributed by atoms with Crippen molar-refractivity contribution in [2.75, 3.05) is 19.6 Å². The molecule has 0 bridgehead atoms. The highest BCUT2D eigenvalue weighted by atomic mass is 16.4. The monoisotopic (exact) mass is 291 g/mol. The van der Waals surface area contributed by atoms with Crippen LogP contribution in [0.5, 0.6) is 0 Å². The van der Waals surface area contributed by atoms with E-state index in [2.05, 4.69) is 31.0 Å². The number of likely N-dealkylation sites (tertiary alicyclic amines) is 1. The summed E-state index contributed by atoms with van der Waals surface area (Å²) in [4.78, 5) is 13.9. The van der Waals surface area contributed by atoms with Gasteiger partial charge in [0.2, 0.25) is 0 Å². The number of carbonyl (C=O) groups excluding carboxylic acids is 1. The van der Waals surface area contributed by atoms with Crippen molar-refractivity contribution in [1.82, 2.24) is 10.2 Å². The van der Waals surface area contributed by atoms with Crippen LogP contribution in [0, 0.1) is 5.92 Å². The van der Waals surface area contributed by atoms with Gasteiger partial charge in [0.15, 0.2) is 5.76 Å². The minimum Gasteiger partial charge on any atom is -0.455 e. The highest BCUT2D eigenvalue weighted by Gasteiger charge is 2.38. The van der Waals surface area contributed by atoms with Crippen molar-refractivity contribution >= 4 is 5.91 Å². The van der Waals surface area contributed by atoms with Gasteiger partial charge in [-0.15, -0.1) is 0 Å². The lowest BCUT2D eigenvalue weighted by Crippen LogP contribution is -2.34. The Hall–Kier alpha value is -1.33. The van der Waals surface area contributed by atoms with Crippen molar-refractivity contribution in [3.05, 3.63) is 23.2 Å². The van der Waals surface area contributed by atoms with E-state index in [4.69, 9.17) is 10.2 Å². The lowest BCUT2D eigenvalue weighted by molar-refractivity contribution is 0.0970. The van der Waals surface area contributed by atoms with E-state index in [0.717, 1.165) is 43.4 Å². The van der Waals surface area contributed by atoms with Gasteiger partial charge in [0.25, 0.3) is 5.91 Å². The number of hydrogen-bond donors (Lipinski definition) is 2. The zero-order valence-electron chi connectivity index (χ0n) is 13.1. The summed E-state index contributed by atoms with van der Waals surface area (Å²) in [7, 11) is 0. The number of furan rings is 1. The minimum absolute atomic E-state index is 0.129. The summed E-state index contributed by atoms with van der Waals surface area (Å²) in [5.41, 5.74) is 6.35. The fourth-order valence-corrected chi connectivity index (χ4v) is 3.66. The van der Waals surface area contributed by atoms with Gasteiger partial charge < -0.3 is 15.5 Å². The van der Waals surface area contributed by atoms with Crippen molar-refractivity contribution in [3.63, 3.8) is 0 Å². The Bertz CT molecular complexity index is 544. The van der Waals surface area contributed by atoms with Gasteiger partial charge in [0.05, 0.1) is 0 Å². The minimum atomic E-state index is -0.492. The summed E-state index contributed by atoms with van der Waals surface area (Å²) in [6.45, 7) is 10.5. The molecule has 3 N–H and O–H groups in total. The normalized spacial score (nSPS) is 26.2. The summed E-state index contributed by atoms with van der Waals surface area (Å²) < 4.78 is 5.75. The van der Waals surface area contributed by atoms with Crippen LogP contribution in [-0.4, -0.2) is 36.5 Å². The first-order valence-corrected chi connectivity index (χ1v) is 7.74. The molecule has 2 aliphatic heterocycles. The number of amides is 1. The Labute approximate surface area is 125 Å². The van der Waals surface area contributed by atoms with E-state index in [1.807, 2.05) is 6.07 Å². The Morgan fingerprint density at radius 1 is 1.48 bits per heavy atom. The third-order valence-corrected chi connectivity index (χ3v) is 4.67. The zero-order chi connectivity index (χ0) is 15.2. The molecule has 3 rings (SSSR count). The lowest BCUT2D eigenvalue weighted by Gasteiger charge is -2.25. The number of nitrogens with zero attached hydrogens (tertiary/aromatic N) is 1. The molecule has 0 spiro atoms. The van der Waals surface area contributed by atoms with E-state index in [1.54, 1.807) is 0 Å². The van der Waals surface area contributed by atoms with E-state index < -0.39 is 5.91 Å². The molecule has 5 heteroatoms. The SMILES string of the molecule is CC(C)(C)c1oc(C(N)=O)cc1CN1CC[C@@H]2CNC[C@@H]21. The molecule has 1 amide bonds. The molecular formula is C16H25N3O2. The fourth-order valence-electron chi connectivity index (χ4n) is 3.66. The molecule has 21 heavy (non-hydrogen) atoms. The molecule has 2 atom stereocenters. The van der Waals surface area contributed by atoms with Crippen LogP contribution in [0.1, 0.15) is 49.1 Å². The quantitative estimate of drug-likeness (QED) is 0.884. The highest BCUT2D eigenvalue weighted by molar-refractivity contribution is 5.90. The summed E-state index contributed by atoms with van der Waals surface area (Å²) >= 11 is 0. The first-order chi connectivity index (χ1) is 9.86. The molecule has 0 saturated carbocycles. The maximum Gasteiger partial charge on any atom is 0.284 e. The maximum absolute atomic E-state index is 11.4.